The van der Waals surface area contributed by atoms with Gasteiger partial charge in [-0.1, -0.05) is 188 Å². The van der Waals surface area contributed by atoms with Gasteiger partial charge in [-0.2, -0.15) is 0 Å². The van der Waals surface area contributed by atoms with Crippen molar-refractivity contribution in [2.24, 2.45) is 0 Å². The molecule has 0 spiro atoms. The zero-order valence-corrected chi connectivity index (χ0v) is 32.5. The van der Waals surface area contributed by atoms with Crippen LogP contribution in [0.3, 0.4) is 0 Å². The third-order valence-corrected chi connectivity index (χ3v) is 12.7. The van der Waals surface area contributed by atoms with Gasteiger partial charge in [-0.25, -0.2) is 0 Å². The molecule has 0 amide bonds. The minimum absolute atomic E-state index is 1.10. The normalized spacial score (nSPS) is 11.4. The predicted molar refractivity (Wildman–Crippen MR) is 251 cm³/mol. The summed E-state index contributed by atoms with van der Waals surface area (Å²) in [6.07, 6.45) is 0. The van der Waals surface area contributed by atoms with Gasteiger partial charge in [0, 0.05) is 42.7 Å². The number of hydrogen-bond donors (Lipinski definition) is 0. The maximum atomic E-state index is 2.43. The first-order valence-corrected chi connectivity index (χ1v) is 20.7. The highest BCUT2D eigenvalue weighted by atomic mass is 32.1. The van der Waals surface area contributed by atoms with E-state index in [1.54, 1.807) is 0 Å². The first-order chi connectivity index (χ1) is 28.8. The molecular weight excluding hydrogens is 719 g/mol. The van der Waals surface area contributed by atoms with E-state index in [1.807, 2.05) is 11.3 Å². The first kappa shape index (κ1) is 34.0. The van der Waals surface area contributed by atoms with Gasteiger partial charge < -0.3 is 4.90 Å². The van der Waals surface area contributed by atoms with Crippen molar-refractivity contribution in [2.75, 3.05) is 4.90 Å². The Kier molecular flexibility index (Phi) is 8.42. The molecule has 0 atom stereocenters. The summed E-state index contributed by atoms with van der Waals surface area (Å²) in [5.41, 5.74) is 13.0. The molecule has 0 saturated heterocycles. The molecule has 0 N–H and O–H groups in total. The number of fused-ring (bicyclic) bond motifs is 5. The summed E-state index contributed by atoms with van der Waals surface area (Å²) in [5.74, 6) is 0. The van der Waals surface area contributed by atoms with E-state index in [9.17, 15) is 0 Å². The van der Waals surface area contributed by atoms with Gasteiger partial charge in [0.15, 0.2) is 0 Å². The van der Waals surface area contributed by atoms with Gasteiger partial charge in [-0.3, -0.25) is 0 Å². The van der Waals surface area contributed by atoms with Crippen molar-refractivity contribution in [3.63, 3.8) is 0 Å². The summed E-state index contributed by atoms with van der Waals surface area (Å²) >= 11 is 1.88. The maximum absolute atomic E-state index is 2.43. The van der Waals surface area contributed by atoms with Crippen molar-refractivity contribution in [3.05, 3.63) is 224 Å². The number of benzene rings is 10. The fourth-order valence-corrected chi connectivity index (χ4v) is 9.92. The molecular formula is C56H37NS. The van der Waals surface area contributed by atoms with Gasteiger partial charge >= 0.3 is 0 Å². The molecule has 0 bridgehead atoms. The fourth-order valence-electron chi connectivity index (χ4n) is 8.69. The van der Waals surface area contributed by atoms with Crippen LogP contribution in [0.15, 0.2) is 224 Å². The van der Waals surface area contributed by atoms with Crippen LogP contribution in [0, 0.1) is 0 Å². The molecule has 11 rings (SSSR count). The zero-order valence-electron chi connectivity index (χ0n) is 31.7. The number of rotatable bonds is 7. The second-order valence-corrected chi connectivity index (χ2v) is 15.9. The van der Waals surface area contributed by atoms with Gasteiger partial charge in [0.25, 0.3) is 0 Å². The number of hydrogen-bond acceptors (Lipinski definition) is 2. The lowest BCUT2D eigenvalue weighted by Crippen LogP contribution is -2.11. The van der Waals surface area contributed by atoms with E-state index in [-0.39, 0.29) is 0 Å². The van der Waals surface area contributed by atoms with Gasteiger partial charge in [-0.05, 0) is 91.3 Å². The van der Waals surface area contributed by atoms with Crippen LogP contribution in [0.5, 0.6) is 0 Å². The molecule has 10 aromatic carbocycles. The largest absolute Gasteiger partial charge is 0.310 e. The molecule has 0 aliphatic carbocycles. The predicted octanol–water partition coefficient (Wildman–Crippen LogP) is 16.5. The SMILES string of the molecule is c1cc(-c2ccc(-c3cccc4ccccc34)cc2)cc(N(c2ccc(-c3cccc4ccccc34)cc2)c2ccccc2-c2cccc3c2sc2ccccc23)c1. The fraction of sp³-hybridized carbons (Fsp3) is 0. The highest BCUT2D eigenvalue weighted by molar-refractivity contribution is 7.26. The Morgan fingerprint density at radius 1 is 0.293 bits per heavy atom. The number of para-hydroxylation sites is 1. The van der Waals surface area contributed by atoms with Crippen LogP contribution in [-0.4, -0.2) is 0 Å². The Morgan fingerprint density at radius 2 is 0.793 bits per heavy atom. The van der Waals surface area contributed by atoms with Crippen LogP contribution in [0.2, 0.25) is 0 Å². The average molecular weight is 756 g/mol. The minimum atomic E-state index is 1.10. The molecule has 1 heterocycles. The van der Waals surface area contributed by atoms with Gasteiger partial charge in [0.05, 0.1) is 5.69 Å². The van der Waals surface area contributed by atoms with Crippen molar-refractivity contribution >= 4 is 70.1 Å². The van der Waals surface area contributed by atoms with Crippen molar-refractivity contribution in [1.82, 2.24) is 0 Å². The summed E-state index contributed by atoms with van der Waals surface area (Å²) in [7, 11) is 0. The Morgan fingerprint density at radius 3 is 1.52 bits per heavy atom. The van der Waals surface area contributed by atoms with E-state index < -0.39 is 0 Å². The van der Waals surface area contributed by atoms with E-state index in [4.69, 9.17) is 0 Å². The van der Waals surface area contributed by atoms with Crippen molar-refractivity contribution in [1.29, 1.82) is 0 Å². The summed E-state index contributed by atoms with van der Waals surface area (Å²) < 4.78 is 2.62. The average Bonchev–Trinajstić information content (AvgIpc) is 3.69. The molecule has 0 aliphatic heterocycles. The lowest BCUT2D eigenvalue weighted by Gasteiger charge is -2.28. The second-order valence-electron chi connectivity index (χ2n) is 14.9. The quantitative estimate of drug-likeness (QED) is 0.157. The van der Waals surface area contributed by atoms with Gasteiger partial charge in [-0.15, -0.1) is 11.3 Å². The van der Waals surface area contributed by atoms with Gasteiger partial charge in [0.2, 0.25) is 0 Å². The summed E-state index contributed by atoms with van der Waals surface area (Å²) in [6.45, 7) is 0. The number of anilines is 3. The Bertz CT molecular complexity index is 3270. The van der Waals surface area contributed by atoms with Crippen LogP contribution in [0.1, 0.15) is 0 Å². The van der Waals surface area contributed by atoms with Gasteiger partial charge in [0.1, 0.15) is 0 Å². The molecule has 2 heteroatoms. The van der Waals surface area contributed by atoms with Crippen LogP contribution in [0.4, 0.5) is 17.1 Å². The molecule has 58 heavy (non-hydrogen) atoms. The molecule has 0 aliphatic rings. The van der Waals surface area contributed by atoms with E-state index >= 15 is 0 Å². The first-order valence-electron chi connectivity index (χ1n) is 19.8. The lowest BCUT2D eigenvalue weighted by molar-refractivity contribution is 1.28. The second kappa shape index (κ2) is 14.4. The Hall–Kier alpha value is -7.26. The molecule has 11 aromatic rings. The third kappa shape index (κ3) is 5.94. The van der Waals surface area contributed by atoms with Crippen molar-refractivity contribution < 1.29 is 0 Å². The molecule has 0 unspecified atom stereocenters. The lowest BCUT2D eigenvalue weighted by atomic mass is 9.95. The molecule has 1 nitrogen and oxygen atoms in total. The van der Waals surface area contributed by atoms with Crippen LogP contribution >= 0.6 is 11.3 Å². The monoisotopic (exact) mass is 755 g/mol. The summed E-state index contributed by atoms with van der Waals surface area (Å²) in [5, 5.41) is 7.64. The Labute approximate surface area is 342 Å². The zero-order chi connectivity index (χ0) is 38.4. The van der Waals surface area contributed by atoms with Crippen molar-refractivity contribution in [3.8, 4) is 44.5 Å². The maximum Gasteiger partial charge on any atom is 0.0540 e. The van der Waals surface area contributed by atoms with E-state index in [0.29, 0.717) is 0 Å². The van der Waals surface area contributed by atoms with Crippen LogP contribution in [0.25, 0.3) is 86.2 Å². The highest BCUT2D eigenvalue weighted by Gasteiger charge is 2.20. The molecule has 272 valence electrons. The standard InChI is InChI=1S/C56H37NS/c1-3-19-46-39(13-1)15-10-23-48(46)41-31-29-38(30-32-41)43-17-9-18-45(37-43)57(44-35-33-42(34-36-44)49-24-11-16-40-14-2-4-20-47(40)49)54-27-7-5-21-50(54)52-25-12-26-53-51-22-6-8-28-55(51)58-56(52)53/h1-37H. The van der Waals surface area contributed by atoms with E-state index in [1.165, 1.54) is 86.2 Å². The summed E-state index contributed by atoms with van der Waals surface area (Å²) in [4.78, 5) is 2.43. The topological polar surface area (TPSA) is 3.24 Å². The van der Waals surface area contributed by atoms with E-state index in [0.717, 1.165) is 17.1 Å². The molecule has 1 aromatic heterocycles. The molecule has 0 fully saturated rings. The highest BCUT2D eigenvalue weighted by Crippen LogP contribution is 2.46. The van der Waals surface area contributed by atoms with E-state index in [2.05, 4.69) is 229 Å². The minimum Gasteiger partial charge on any atom is -0.310 e. The van der Waals surface area contributed by atoms with Crippen molar-refractivity contribution in [2.45, 2.75) is 0 Å². The number of thiophene rings is 1. The smallest absolute Gasteiger partial charge is 0.0540 e. The van der Waals surface area contributed by atoms with Crippen LogP contribution < -0.4 is 4.90 Å². The molecule has 0 radical (unpaired) electrons. The Balaban J connectivity index is 1.05. The third-order valence-electron chi connectivity index (χ3n) is 11.5. The van der Waals surface area contributed by atoms with Crippen LogP contribution in [-0.2, 0) is 0 Å². The number of nitrogens with zero attached hydrogens (tertiary/aromatic N) is 1. The molecule has 0 saturated carbocycles. The summed E-state index contributed by atoms with van der Waals surface area (Å²) in [6, 6.07) is 81.9.